The van der Waals surface area contributed by atoms with E-state index in [1.165, 1.54) is 6.21 Å². The molecule has 7 heteroatoms. The summed E-state index contributed by atoms with van der Waals surface area (Å²) in [5.74, 6) is 0.897. The van der Waals surface area contributed by atoms with Gasteiger partial charge < -0.3 is 14.5 Å². The Bertz CT molecular complexity index is 966. The number of hydrogen-bond acceptors (Lipinski definition) is 5. The number of furan rings is 1. The number of nitrogens with zero attached hydrogens (tertiary/aromatic N) is 1. The highest BCUT2D eigenvalue weighted by atomic mass is 32.1. The minimum atomic E-state index is -0.340. The minimum absolute atomic E-state index is 0.340. The van der Waals surface area contributed by atoms with Crippen LogP contribution in [0.3, 0.4) is 0 Å². The predicted molar refractivity (Wildman–Crippen MR) is 113 cm³/mol. The van der Waals surface area contributed by atoms with Crippen LogP contribution in [0, 0.1) is 0 Å². The largest absolute Gasteiger partial charge is 0.462 e. The Hall–Kier alpha value is -3.45. The van der Waals surface area contributed by atoms with E-state index in [2.05, 4.69) is 15.8 Å². The number of para-hydroxylation sites is 1. The number of hydrogen-bond donors (Lipinski definition) is 2. The molecule has 2 N–H and O–H groups in total. The third-order valence-corrected chi connectivity index (χ3v) is 3.89. The molecule has 3 aromatic rings. The van der Waals surface area contributed by atoms with Gasteiger partial charge in [0.1, 0.15) is 11.5 Å². The van der Waals surface area contributed by atoms with Gasteiger partial charge >= 0.3 is 5.97 Å². The zero-order valence-corrected chi connectivity index (χ0v) is 16.0. The van der Waals surface area contributed by atoms with E-state index in [4.69, 9.17) is 21.4 Å². The molecule has 28 heavy (non-hydrogen) atoms. The fourth-order valence-electron chi connectivity index (χ4n) is 2.40. The molecule has 0 radical (unpaired) electrons. The Morgan fingerprint density at radius 2 is 1.86 bits per heavy atom. The maximum absolute atomic E-state index is 11.7. The Morgan fingerprint density at radius 3 is 2.57 bits per heavy atom. The maximum atomic E-state index is 11.7. The van der Waals surface area contributed by atoms with Gasteiger partial charge in [-0.3, -0.25) is 5.43 Å². The molecule has 0 saturated carbocycles. The molecular formula is C21H19N3O3S. The van der Waals surface area contributed by atoms with Gasteiger partial charge in [0, 0.05) is 11.3 Å². The summed E-state index contributed by atoms with van der Waals surface area (Å²) in [6.45, 7) is 2.12. The normalized spacial score (nSPS) is 10.6. The van der Waals surface area contributed by atoms with Gasteiger partial charge in [0.2, 0.25) is 0 Å². The minimum Gasteiger partial charge on any atom is -0.462 e. The van der Waals surface area contributed by atoms with Crippen LogP contribution in [0.5, 0.6) is 0 Å². The molecule has 0 aliphatic carbocycles. The summed E-state index contributed by atoms with van der Waals surface area (Å²) in [6, 6.07) is 20.2. The summed E-state index contributed by atoms with van der Waals surface area (Å²) in [5.41, 5.74) is 4.97. The van der Waals surface area contributed by atoms with Crippen molar-refractivity contribution >= 4 is 35.2 Å². The molecule has 0 fully saturated rings. The third kappa shape index (κ3) is 5.28. The van der Waals surface area contributed by atoms with Crippen LogP contribution in [-0.4, -0.2) is 23.9 Å². The summed E-state index contributed by atoms with van der Waals surface area (Å²) in [5, 5.41) is 7.47. The van der Waals surface area contributed by atoms with Crippen LogP contribution in [0.2, 0.25) is 0 Å². The Kier molecular flexibility index (Phi) is 6.54. The summed E-state index contributed by atoms with van der Waals surface area (Å²) >= 11 is 5.18. The molecule has 0 bridgehead atoms. The summed E-state index contributed by atoms with van der Waals surface area (Å²) < 4.78 is 10.7. The Labute approximate surface area is 168 Å². The van der Waals surface area contributed by atoms with Gasteiger partial charge in [0.15, 0.2) is 5.11 Å². The number of benzene rings is 2. The van der Waals surface area contributed by atoms with Crippen LogP contribution in [0.25, 0.3) is 11.3 Å². The molecule has 0 atom stereocenters. The first-order chi connectivity index (χ1) is 13.7. The molecule has 0 unspecified atom stereocenters. The van der Waals surface area contributed by atoms with E-state index in [1.54, 1.807) is 25.1 Å². The monoisotopic (exact) mass is 393 g/mol. The smallest absolute Gasteiger partial charge is 0.338 e. The summed E-state index contributed by atoms with van der Waals surface area (Å²) in [6.07, 6.45) is 1.54. The van der Waals surface area contributed by atoms with Crippen molar-refractivity contribution in [2.75, 3.05) is 11.9 Å². The number of hydrazone groups is 1. The average molecular weight is 393 g/mol. The second-order valence-electron chi connectivity index (χ2n) is 5.69. The molecular weight excluding hydrogens is 374 g/mol. The van der Waals surface area contributed by atoms with Crippen molar-refractivity contribution in [3.8, 4) is 11.3 Å². The van der Waals surface area contributed by atoms with E-state index in [9.17, 15) is 4.79 Å². The third-order valence-electron chi connectivity index (χ3n) is 3.70. The number of thiocarbonyl (C=S) groups is 1. The van der Waals surface area contributed by atoms with Gasteiger partial charge in [-0.1, -0.05) is 30.3 Å². The van der Waals surface area contributed by atoms with Gasteiger partial charge in [-0.15, -0.1) is 0 Å². The lowest BCUT2D eigenvalue weighted by molar-refractivity contribution is 0.0526. The number of carbonyl (C=O) groups excluding carboxylic acids is 1. The molecule has 0 saturated heterocycles. The standard InChI is InChI=1S/C21H19N3O3S/c1-2-26-20(25)16-10-8-15(9-11-16)19-13-12-18(27-19)14-22-24-21(28)23-17-6-4-3-5-7-17/h3-14H,2H2,1H3,(H2,23,24,28)/b22-14-. The first kappa shape index (κ1) is 19.3. The summed E-state index contributed by atoms with van der Waals surface area (Å²) in [7, 11) is 0. The van der Waals surface area contributed by atoms with Crippen molar-refractivity contribution in [1.29, 1.82) is 0 Å². The van der Waals surface area contributed by atoms with Crippen LogP contribution >= 0.6 is 12.2 Å². The highest BCUT2D eigenvalue weighted by molar-refractivity contribution is 7.80. The lowest BCUT2D eigenvalue weighted by Crippen LogP contribution is -2.23. The SMILES string of the molecule is CCOC(=O)c1ccc(-c2ccc(/C=N\NC(=S)Nc3ccccc3)o2)cc1. The van der Waals surface area contributed by atoms with E-state index in [1.807, 2.05) is 48.5 Å². The molecule has 1 aromatic heterocycles. The van der Waals surface area contributed by atoms with E-state index in [0.717, 1.165) is 11.3 Å². The molecule has 3 rings (SSSR count). The van der Waals surface area contributed by atoms with Crippen molar-refractivity contribution in [1.82, 2.24) is 5.43 Å². The van der Waals surface area contributed by atoms with E-state index < -0.39 is 0 Å². The number of esters is 1. The predicted octanol–water partition coefficient (Wildman–Crippen LogP) is 4.44. The van der Waals surface area contributed by atoms with E-state index >= 15 is 0 Å². The lowest BCUT2D eigenvalue weighted by atomic mass is 10.1. The number of nitrogens with one attached hydrogen (secondary N) is 2. The molecule has 0 amide bonds. The van der Waals surface area contributed by atoms with Gasteiger partial charge in [0.25, 0.3) is 0 Å². The van der Waals surface area contributed by atoms with Crippen molar-refractivity contribution in [3.05, 3.63) is 78.1 Å². The number of rotatable bonds is 6. The van der Waals surface area contributed by atoms with Gasteiger partial charge in [0.05, 0.1) is 18.4 Å². The first-order valence-corrected chi connectivity index (χ1v) is 9.09. The fourth-order valence-corrected chi connectivity index (χ4v) is 2.57. The lowest BCUT2D eigenvalue weighted by Gasteiger charge is -2.05. The van der Waals surface area contributed by atoms with Gasteiger partial charge in [-0.25, -0.2) is 4.79 Å². The molecule has 2 aromatic carbocycles. The second kappa shape index (κ2) is 9.48. The average Bonchev–Trinajstić information content (AvgIpc) is 3.18. The quantitative estimate of drug-likeness (QED) is 0.279. The second-order valence-corrected chi connectivity index (χ2v) is 6.10. The molecule has 0 aliphatic rings. The van der Waals surface area contributed by atoms with Crippen molar-refractivity contribution in [2.45, 2.75) is 6.92 Å². The summed E-state index contributed by atoms with van der Waals surface area (Å²) in [4.78, 5) is 11.7. The van der Waals surface area contributed by atoms with Crippen LogP contribution in [0.4, 0.5) is 5.69 Å². The van der Waals surface area contributed by atoms with Crippen LogP contribution in [-0.2, 0) is 4.74 Å². The molecule has 1 heterocycles. The molecule has 0 spiro atoms. The topological polar surface area (TPSA) is 75.9 Å². The molecule has 6 nitrogen and oxygen atoms in total. The van der Waals surface area contributed by atoms with Crippen LogP contribution < -0.4 is 10.7 Å². The van der Waals surface area contributed by atoms with Gasteiger partial charge in [-0.05, 0) is 55.5 Å². The number of anilines is 1. The van der Waals surface area contributed by atoms with Crippen LogP contribution in [0.1, 0.15) is 23.0 Å². The fraction of sp³-hybridized carbons (Fsp3) is 0.0952. The highest BCUT2D eigenvalue weighted by Gasteiger charge is 2.08. The zero-order chi connectivity index (χ0) is 19.8. The van der Waals surface area contributed by atoms with E-state index in [0.29, 0.717) is 28.8 Å². The number of ether oxygens (including phenoxy) is 1. The molecule has 0 aliphatic heterocycles. The van der Waals surface area contributed by atoms with Gasteiger partial charge in [-0.2, -0.15) is 5.10 Å². The van der Waals surface area contributed by atoms with Crippen LogP contribution in [0.15, 0.2) is 76.2 Å². The maximum Gasteiger partial charge on any atom is 0.338 e. The number of carbonyl (C=O) groups is 1. The Balaban J connectivity index is 1.57. The van der Waals surface area contributed by atoms with Crippen molar-refractivity contribution in [3.63, 3.8) is 0 Å². The Morgan fingerprint density at radius 1 is 1.11 bits per heavy atom. The van der Waals surface area contributed by atoms with E-state index in [-0.39, 0.29) is 5.97 Å². The molecule has 142 valence electrons. The van der Waals surface area contributed by atoms with Crippen molar-refractivity contribution in [2.24, 2.45) is 5.10 Å². The highest BCUT2D eigenvalue weighted by Crippen LogP contribution is 2.22. The van der Waals surface area contributed by atoms with Crippen molar-refractivity contribution < 1.29 is 13.9 Å². The first-order valence-electron chi connectivity index (χ1n) is 8.68. The zero-order valence-electron chi connectivity index (χ0n) is 15.2.